The number of rotatable bonds is 8. The van der Waals surface area contributed by atoms with Crippen molar-refractivity contribution in [2.24, 2.45) is 5.73 Å². The Morgan fingerprint density at radius 1 is 1.05 bits per heavy atom. The van der Waals surface area contributed by atoms with Gasteiger partial charge in [0.05, 0.1) is 5.52 Å². The maximum atomic E-state index is 5.94. The lowest BCUT2D eigenvalue weighted by Crippen LogP contribution is -2.26. The normalized spacial score (nSPS) is 11.0. The van der Waals surface area contributed by atoms with E-state index < -0.39 is 0 Å². The first-order chi connectivity index (χ1) is 10.3. The van der Waals surface area contributed by atoms with Crippen LogP contribution in [0.1, 0.15) is 45.1 Å². The Kier molecular flexibility index (Phi) is 6.00. The molecule has 2 aromatic rings. The highest BCUT2D eigenvalue weighted by molar-refractivity contribution is 5.84. The second kappa shape index (κ2) is 7.99. The molecule has 0 aliphatic rings. The molecule has 0 spiro atoms. The van der Waals surface area contributed by atoms with Gasteiger partial charge in [-0.1, -0.05) is 44.9 Å². The molecule has 0 radical (unpaired) electrons. The van der Waals surface area contributed by atoms with Gasteiger partial charge in [-0.3, -0.25) is 0 Å². The fourth-order valence-electron chi connectivity index (χ4n) is 2.60. The second-order valence-electron chi connectivity index (χ2n) is 5.56. The van der Waals surface area contributed by atoms with Crippen molar-refractivity contribution in [1.82, 2.24) is 4.98 Å². The van der Waals surface area contributed by atoms with Gasteiger partial charge < -0.3 is 10.6 Å². The first kappa shape index (κ1) is 15.8. The molecule has 2 N–H and O–H groups in total. The number of aromatic nitrogens is 1. The van der Waals surface area contributed by atoms with E-state index in [1.807, 2.05) is 6.07 Å². The number of nitrogens with zero attached hydrogens (tertiary/aromatic N) is 2. The second-order valence-corrected chi connectivity index (χ2v) is 5.56. The summed E-state index contributed by atoms with van der Waals surface area (Å²) in [6.07, 6.45) is 4.83. The third kappa shape index (κ3) is 3.94. The van der Waals surface area contributed by atoms with Crippen LogP contribution in [0.25, 0.3) is 10.9 Å². The Morgan fingerprint density at radius 3 is 2.33 bits per heavy atom. The van der Waals surface area contributed by atoms with Gasteiger partial charge in [0.15, 0.2) is 0 Å². The fraction of sp³-hybridized carbons (Fsp3) is 0.500. The number of pyridine rings is 1. The zero-order valence-corrected chi connectivity index (χ0v) is 13.3. The van der Waals surface area contributed by atoms with Crippen molar-refractivity contribution in [3.8, 4) is 0 Å². The van der Waals surface area contributed by atoms with Crippen LogP contribution >= 0.6 is 0 Å². The number of anilines is 1. The fourth-order valence-corrected chi connectivity index (χ4v) is 2.60. The van der Waals surface area contributed by atoms with Gasteiger partial charge in [0.2, 0.25) is 0 Å². The molecule has 0 aliphatic carbocycles. The Labute approximate surface area is 128 Å². The number of fused-ring (bicyclic) bond motifs is 1. The van der Waals surface area contributed by atoms with Crippen LogP contribution in [-0.2, 0) is 6.54 Å². The molecule has 0 bridgehead atoms. The minimum Gasteiger partial charge on any atom is -0.357 e. The van der Waals surface area contributed by atoms with Crippen LogP contribution in [0.2, 0.25) is 0 Å². The van der Waals surface area contributed by atoms with E-state index in [1.54, 1.807) is 0 Å². The molecule has 3 heteroatoms. The molecule has 1 heterocycles. The molecule has 0 fully saturated rings. The van der Waals surface area contributed by atoms with Gasteiger partial charge in [-0.2, -0.15) is 0 Å². The SMILES string of the molecule is CCCCN(CCCC)c1cc(CN)c2ccccc2n1. The molecule has 114 valence electrons. The predicted molar refractivity (Wildman–Crippen MR) is 91.7 cm³/mol. The van der Waals surface area contributed by atoms with Crippen molar-refractivity contribution in [3.63, 3.8) is 0 Å². The minimum atomic E-state index is 0.561. The van der Waals surface area contributed by atoms with Gasteiger partial charge in [0, 0.05) is 25.0 Å². The van der Waals surface area contributed by atoms with Crippen molar-refractivity contribution >= 4 is 16.7 Å². The van der Waals surface area contributed by atoms with Crippen molar-refractivity contribution < 1.29 is 0 Å². The minimum absolute atomic E-state index is 0.561. The van der Waals surface area contributed by atoms with Crippen LogP contribution in [0.5, 0.6) is 0 Å². The Morgan fingerprint density at radius 2 is 1.71 bits per heavy atom. The lowest BCUT2D eigenvalue weighted by molar-refractivity contribution is 0.672. The summed E-state index contributed by atoms with van der Waals surface area (Å²) in [7, 11) is 0. The average molecular weight is 285 g/mol. The molecular weight excluding hydrogens is 258 g/mol. The number of para-hydroxylation sites is 1. The molecule has 0 saturated heterocycles. The molecular formula is C18H27N3. The van der Waals surface area contributed by atoms with Crippen molar-refractivity contribution in [2.75, 3.05) is 18.0 Å². The standard InChI is InChI=1S/C18H27N3/c1-3-5-11-21(12-6-4-2)18-13-15(14-19)16-9-7-8-10-17(16)20-18/h7-10,13H,3-6,11-12,14,19H2,1-2H3. The topological polar surface area (TPSA) is 42.1 Å². The van der Waals surface area contributed by atoms with Crippen LogP contribution < -0.4 is 10.6 Å². The van der Waals surface area contributed by atoms with Gasteiger partial charge in [0.1, 0.15) is 5.82 Å². The summed E-state index contributed by atoms with van der Waals surface area (Å²) >= 11 is 0. The lowest BCUT2D eigenvalue weighted by atomic mass is 10.1. The van der Waals surface area contributed by atoms with Gasteiger partial charge in [-0.25, -0.2) is 4.98 Å². The van der Waals surface area contributed by atoms with E-state index in [2.05, 4.69) is 43.0 Å². The zero-order valence-electron chi connectivity index (χ0n) is 13.3. The summed E-state index contributed by atoms with van der Waals surface area (Å²) in [6.45, 7) is 7.18. The number of unbranched alkanes of at least 4 members (excludes halogenated alkanes) is 2. The zero-order chi connectivity index (χ0) is 15.1. The van der Waals surface area contributed by atoms with Crippen molar-refractivity contribution in [2.45, 2.75) is 46.1 Å². The maximum absolute atomic E-state index is 5.94. The number of nitrogens with two attached hydrogens (primary N) is 1. The van der Waals surface area contributed by atoms with Crippen LogP contribution in [0.4, 0.5) is 5.82 Å². The van der Waals surface area contributed by atoms with Gasteiger partial charge in [0.25, 0.3) is 0 Å². The Hall–Kier alpha value is -1.61. The number of hydrogen-bond donors (Lipinski definition) is 1. The lowest BCUT2D eigenvalue weighted by Gasteiger charge is -2.24. The summed E-state index contributed by atoms with van der Waals surface area (Å²) in [5, 5.41) is 1.18. The summed E-state index contributed by atoms with van der Waals surface area (Å²) in [4.78, 5) is 7.28. The van der Waals surface area contributed by atoms with Crippen LogP contribution in [0.15, 0.2) is 30.3 Å². The molecule has 0 saturated carbocycles. The molecule has 21 heavy (non-hydrogen) atoms. The maximum Gasteiger partial charge on any atom is 0.129 e. The quantitative estimate of drug-likeness (QED) is 0.794. The molecule has 0 atom stereocenters. The number of benzene rings is 1. The van der Waals surface area contributed by atoms with E-state index in [1.165, 1.54) is 36.6 Å². The summed E-state index contributed by atoms with van der Waals surface area (Å²) in [6, 6.07) is 10.5. The largest absolute Gasteiger partial charge is 0.357 e. The monoisotopic (exact) mass is 285 g/mol. The molecule has 0 aliphatic heterocycles. The van der Waals surface area contributed by atoms with E-state index in [9.17, 15) is 0 Å². The summed E-state index contributed by atoms with van der Waals surface area (Å²) in [5.74, 6) is 1.08. The van der Waals surface area contributed by atoms with Crippen molar-refractivity contribution in [1.29, 1.82) is 0 Å². The molecule has 1 aromatic heterocycles. The molecule has 3 nitrogen and oxygen atoms in total. The average Bonchev–Trinajstić information content (AvgIpc) is 2.54. The third-order valence-electron chi connectivity index (χ3n) is 3.90. The Balaban J connectivity index is 2.36. The van der Waals surface area contributed by atoms with E-state index in [4.69, 9.17) is 10.7 Å². The predicted octanol–water partition coefficient (Wildman–Crippen LogP) is 4.10. The molecule has 0 unspecified atom stereocenters. The van der Waals surface area contributed by atoms with Crippen LogP contribution in [-0.4, -0.2) is 18.1 Å². The highest BCUT2D eigenvalue weighted by atomic mass is 15.2. The molecule has 2 rings (SSSR count). The van der Waals surface area contributed by atoms with E-state index >= 15 is 0 Å². The summed E-state index contributed by atoms with van der Waals surface area (Å²) in [5.41, 5.74) is 8.18. The number of hydrogen-bond acceptors (Lipinski definition) is 3. The Bertz CT molecular complexity index is 557. The highest BCUT2D eigenvalue weighted by Crippen LogP contribution is 2.23. The van der Waals surface area contributed by atoms with Gasteiger partial charge >= 0.3 is 0 Å². The molecule has 1 aromatic carbocycles. The third-order valence-corrected chi connectivity index (χ3v) is 3.90. The smallest absolute Gasteiger partial charge is 0.129 e. The first-order valence-electron chi connectivity index (χ1n) is 8.13. The van der Waals surface area contributed by atoms with Crippen molar-refractivity contribution in [3.05, 3.63) is 35.9 Å². The van der Waals surface area contributed by atoms with E-state index in [0.29, 0.717) is 6.54 Å². The summed E-state index contributed by atoms with van der Waals surface area (Å²) < 4.78 is 0. The van der Waals surface area contributed by atoms with Crippen LogP contribution in [0, 0.1) is 0 Å². The van der Waals surface area contributed by atoms with Gasteiger partial charge in [-0.15, -0.1) is 0 Å². The van der Waals surface area contributed by atoms with Gasteiger partial charge in [-0.05, 0) is 30.5 Å². The van der Waals surface area contributed by atoms with Crippen LogP contribution in [0.3, 0.4) is 0 Å². The highest BCUT2D eigenvalue weighted by Gasteiger charge is 2.10. The first-order valence-corrected chi connectivity index (χ1v) is 8.13. The molecule has 0 amide bonds. The van der Waals surface area contributed by atoms with E-state index in [-0.39, 0.29) is 0 Å². The van der Waals surface area contributed by atoms with E-state index in [0.717, 1.165) is 24.4 Å².